The molecule has 0 saturated carbocycles. The monoisotopic (exact) mass is 463 g/mol. The molecule has 7 nitrogen and oxygen atoms in total. The number of rotatable bonds is 7. The van der Waals surface area contributed by atoms with Crippen molar-refractivity contribution >= 4 is 40.0 Å². The molecule has 0 spiro atoms. The standard InChI is InChI=1S/C25H25N3O4S/c29-22(17-9-11-18(12-10-17)27-13-3-8-23(27)30)16-33-25-26-21-7-2-1-6-20(21)24(31)28(25)15-19-5-4-14-32-19/h1-2,6-7,9-12,19H,3-5,8,13-16H2. The quantitative estimate of drug-likeness (QED) is 0.302. The molecule has 0 bridgehead atoms. The van der Waals surface area contributed by atoms with Crippen LogP contribution >= 0.6 is 11.8 Å². The molecular weight excluding hydrogens is 438 g/mol. The van der Waals surface area contributed by atoms with Gasteiger partial charge in [0, 0.05) is 30.8 Å². The van der Waals surface area contributed by atoms with Gasteiger partial charge in [0.2, 0.25) is 5.91 Å². The van der Waals surface area contributed by atoms with Gasteiger partial charge in [-0.1, -0.05) is 23.9 Å². The molecule has 3 aromatic rings. The van der Waals surface area contributed by atoms with Crippen molar-refractivity contribution in [3.8, 4) is 0 Å². The maximum Gasteiger partial charge on any atom is 0.262 e. The lowest BCUT2D eigenvalue weighted by Gasteiger charge is -2.17. The van der Waals surface area contributed by atoms with Crippen molar-refractivity contribution in [2.45, 2.75) is 43.5 Å². The summed E-state index contributed by atoms with van der Waals surface area (Å²) in [5.74, 6) is 0.236. The number of hydrogen-bond acceptors (Lipinski definition) is 6. The Kier molecular flexibility index (Phi) is 6.28. The van der Waals surface area contributed by atoms with Crippen LogP contribution in [0.25, 0.3) is 10.9 Å². The van der Waals surface area contributed by atoms with Gasteiger partial charge in [0.1, 0.15) is 0 Å². The minimum absolute atomic E-state index is 0.0124. The number of ether oxygens (including phenoxy) is 1. The van der Waals surface area contributed by atoms with E-state index in [1.165, 1.54) is 11.8 Å². The molecule has 0 N–H and O–H groups in total. The summed E-state index contributed by atoms with van der Waals surface area (Å²) >= 11 is 1.27. The molecule has 2 aliphatic heterocycles. The van der Waals surface area contributed by atoms with Gasteiger partial charge in [0.25, 0.3) is 5.56 Å². The van der Waals surface area contributed by atoms with Crippen LogP contribution in [-0.4, -0.2) is 46.2 Å². The number of hydrogen-bond donors (Lipinski definition) is 0. The third-order valence-electron chi connectivity index (χ3n) is 6.14. The lowest BCUT2D eigenvalue weighted by molar-refractivity contribution is -0.117. The van der Waals surface area contributed by atoms with Crippen molar-refractivity contribution in [3.63, 3.8) is 0 Å². The van der Waals surface area contributed by atoms with Crippen molar-refractivity contribution < 1.29 is 14.3 Å². The van der Waals surface area contributed by atoms with Gasteiger partial charge in [0.15, 0.2) is 10.9 Å². The Morgan fingerprint density at radius 1 is 1.09 bits per heavy atom. The number of Topliss-reactive ketones (excluding diaryl/α,β-unsaturated/α-hetero) is 1. The summed E-state index contributed by atoms with van der Waals surface area (Å²) in [4.78, 5) is 44.4. The summed E-state index contributed by atoms with van der Waals surface area (Å²) in [7, 11) is 0. The van der Waals surface area contributed by atoms with E-state index in [1.54, 1.807) is 27.7 Å². The Balaban J connectivity index is 1.35. The predicted molar refractivity (Wildman–Crippen MR) is 128 cm³/mol. The van der Waals surface area contributed by atoms with Crippen molar-refractivity contribution in [1.29, 1.82) is 0 Å². The van der Waals surface area contributed by atoms with Crippen LogP contribution in [-0.2, 0) is 16.1 Å². The average molecular weight is 464 g/mol. The zero-order chi connectivity index (χ0) is 22.8. The summed E-state index contributed by atoms with van der Waals surface area (Å²) in [6.07, 6.45) is 3.32. The van der Waals surface area contributed by atoms with Gasteiger partial charge in [-0.05, 0) is 55.7 Å². The van der Waals surface area contributed by atoms with Gasteiger partial charge < -0.3 is 9.64 Å². The summed E-state index contributed by atoms with van der Waals surface area (Å²) in [5.41, 5.74) is 1.92. The Morgan fingerprint density at radius 2 is 1.91 bits per heavy atom. The van der Waals surface area contributed by atoms with E-state index in [9.17, 15) is 14.4 Å². The molecule has 1 atom stereocenters. The van der Waals surface area contributed by atoms with E-state index < -0.39 is 0 Å². The number of amides is 1. The van der Waals surface area contributed by atoms with Gasteiger partial charge in [-0.3, -0.25) is 19.0 Å². The SMILES string of the molecule is O=C(CSc1nc2ccccc2c(=O)n1CC1CCCO1)c1ccc(N2CCCC2=O)cc1. The van der Waals surface area contributed by atoms with E-state index in [0.717, 1.165) is 31.5 Å². The predicted octanol–water partition coefficient (Wildman–Crippen LogP) is 3.68. The van der Waals surface area contributed by atoms with Gasteiger partial charge in [0.05, 0.1) is 29.3 Å². The Morgan fingerprint density at radius 3 is 2.64 bits per heavy atom. The third kappa shape index (κ3) is 4.58. The molecular formula is C25H25N3O4S. The van der Waals surface area contributed by atoms with Gasteiger partial charge in [-0.15, -0.1) is 0 Å². The van der Waals surface area contributed by atoms with Crippen LogP contribution in [0.1, 0.15) is 36.0 Å². The molecule has 3 heterocycles. The molecule has 0 radical (unpaired) electrons. The molecule has 2 aromatic carbocycles. The smallest absolute Gasteiger partial charge is 0.262 e. The number of aromatic nitrogens is 2. The zero-order valence-corrected chi connectivity index (χ0v) is 19.1. The van der Waals surface area contributed by atoms with Crippen LogP contribution < -0.4 is 10.5 Å². The number of ketones is 1. The number of carbonyl (C=O) groups is 2. The summed E-state index contributed by atoms with van der Waals surface area (Å²) in [6.45, 7) is 1.87. The van der Waals surface area contributed by atoms with Crippen LogP contribution in [0.15, 0.2) is 58.5 Å². The van der Waals surface area contributed by atoms with E-state index in [-0.39, 0.29) is 29.1 Å². The lowest BCUT2D eigenvalue weighted by Crippen LogP contribution is -2.29. The third-order valence-corrected chi connectivity index (χ3v) is 7.12. The van der Waals surface area contributed by atoms with Crippen LogP contribution in [0, 0.1) is 0 Å². The van der Waals surface area contributed by atoms with E-state index >= 15 is 0 Å². The molecule has 1 unspecified atom stereocenters. The highest BCUT2D eigenvalue weighted by Crippen LogP contribution is 2.24. The summed E-state index contributed by atoms with van der Waals surface area (Å²) < 4.78 is 7.39. The first kappa shape index (κ1) is 21.9. The van der Waals surface area contributed by atoms with Crippen molar-refractivity contribution in [1.82, 2.24) is 9.55 Å². The second kappa shape index (κ2) is 9.49. The number of anilines is 1. The lowest BCUT2D eigenvalue weighted by atomic mass is 10.1. The second-order valence-corrected chi connectivity index (χ2v) is 9.31. The fraction of sp³-hybridized carbons (Fsp3) is 0.360. The molecule has 2 aliphatic rings. The number of benzene rings is 2. The highest BCUT2D eigenvalue weighted by Gasteiger charge is 2.23. The van der Waals surface area contributed by atoms with Gasteiger partial charge in [-0.25, -0.2) is 4.98 Å². The first-order chi connectivity index (χ1) is 16.1. The Bertz CT molecular complexity index is 1250. The fourth-order valence-corrected chi connectivity index (χ4v) is 5.28. The van der Waals surface area contributed by atoms with E-state index in [4.69, 9.17) is 9.72 Å². The largest absolute Gasteiger partial charge is 0.376 e. The molecule has 0 aliphatic carbocycles. The van der Waals surface area contributed by atoms with Gasteiger partial charge in [-0.2, -0.15) is 0 Å². The Labute approximate surface area is 195 Å². The van der Waals surface area contributed by atoms with Crippen LogP contribution in [0.4, 0.5) is 5.69 Å². The van der Waals surface area contributed by atoms with Crippen molar-refractivity contribution in [2.75, 3.05) is 23.8 Å². The molecule has 5 rings (SSSR count). The van der Waals surface area contributed by atoms with Gasteiger partial charge >= 0.3 is 0 Å². The molecule has 2 fully saturated rings. The van der Waals surface area contributed by atoms with Crippen molar-refractivity contribution in [3.05, 3.63) is 64.4 Å². The number of carbonyl (C=O) groups excluding carboxylic acids is 2. The van der Waals surface area contributed by atoms with Crippen LogP contribution in [0.2, 0.25) is 0 Å². The minimum atomic E-state index is -0.106. The maximum absolute atomic E-state index is 13.2. The molecule has 8 heteroatoms. The fourth-order valence-electron chi connectivity index (χ4n) is 4.37. The first-order valence-electron chi connectivity index (χ1n) is 11.3. The molecule has 170 valence electrons. The zero-order valence-electron chi connectivity index (χ0n) is 18.2. The molecule has 1 aromatic heterocycles. The second-order valence-electron chi connectivity index (χ2n) is 8.37. The normalized spacial score (nSPS) is 18.4. The van der Waals surface area contributed by atoms with Crippen LogP contribution in [0.5, 0.6) is 0 Å². The highest BCUT2D eigenvalue weighted by atomic mass is 32.2. The topological polar surface area (TPSA) is 81.5 Å². The summed E-state index contributed by atoms with van der Waals surface area (Å²) in [5, 5.41) is 1.10. The van der Waals surface area contributed by atoms with E-state index in [2.05, 4.69) is 0 Å². The van der Waals surface area contributed by atoms with Crippen LogP contribution in [0.3, 0.4) is 0 Å². The minimum Gasteiger partial charge on any atom is -0.376 e. The number of thioether (sulfide) groups is 1. The molecule has 33 heavy (non-hydrogen) atoms. The van der Waals surface area contributed by atoms with E-state index in [0.29, 0.717) is 41.2 Å². The first-order valence-corrected chi connectivity index (χ1v) is 12.3. The van der Waals surface area contributed by atoms with E-state index in [1.807, 2.05) is 30.3 Å². The number of para-hydroxylation sites is 1. The molecule has 1 amide bonds. The highest BCUT2D eigenvalue weighted by molar-refractivity contribution is 7.99. The average Bonchev–Trinajstić information content (AvgIpc) is 3.51. The molecule has 2 saturated heterocycles. The van der Waals surface area contributed by atoms with Crippen molar-refractivity contribution in [2.24, 2.45) is 0 Å². The Hall–Kier alpha value is -2.97. The summed E-state index contributed by atoms with van der Waals surface area (Å²) in [6, 6.07) is 14.4. The maximum atomic E-state index is 13.2. The number of nitrogens with zero attached hydrogens (tertiary/aromatic N) is 3. The number of fused-ring (bicyclic) bond motifs is 1.